The molecule has 0 aliphatic heterocycles. The molecule has 0 aliphatic carbocycles. The molecule has 0 radical (unpaired) electrons. The molecule has 86 valence electrons. The van der Waals surface area contributed by atoms with E-state index in [1.165, 1.54) is 0 Å². The van der Waals surface area contributed by atoms with Crippen molar-refractivity contribution in [2.75, 3.05) is 13.1 Å². The van der Waals surface area contributed by atoms with Gasteiger partial charge in [-0.1, -0.05) is 0 Å². The lowest BCUT2D eigenvalue weighted by Crippen LogP contribution is -2.28. The first kappa shape index (κ1) is 12.0. The molecule has 1 rings (SSSR count). The van der Waals surface area contributed by atoms with Crippen LogP contribution in [0.4, 0.5) is 13.2 Å². The minimum absolute atomic E-state index is 0.108. The van der Waals surface area contributed by atoms with E-state index in [0.29, 0.717) is 18.8 Å². The van der Waals surface area contributed by atoms with Crippen LogP contribution in [0.2, 0.25) is 0 Å². The predicted molar refractivity (Wildman–Crippen MR) is 49.0 cm³/mol. The largest absolute Gasteiger partial charge is 0.401 e. The highest BCUT2D eigenvalue weighted by atomic mass is 19.4. The van der Waals surface area contributed by atoms with Crippen LogP contribution >= 0.6 is 0 Å². The van der Waals surface area contributed by atoms with E-state index in [1.54, 1.807) is 17.1 Å². The van der Waals surface area contributed by atoms with Crippen molar-refractivity contribution in [2.45, 2.75) is 19.3 Å². The van der Waals surface area contributed by atoms with Gasteiger partial charge in [0.15, 0.2) is 0 Å². The quantitative estimate of drug-likeness (QED) is 0.762. The van der Waals surface area contributed by atoms with Gasteiger partial charge in [0.2, 0.25) is 0 Å². The van der Waals surface area contributed by atoms with Crippen LogP contribution in [-0.4, -0.2) is 28.8 Å². The lowest BCUT2D eigenvalue weighted by atomic mass is 10.4. The number of halogens is 3. The summed E-state index contributed by atoms with van der Waals surface area (Å²) >= 11 is 0. The third-order valence-electron chi connectivity index (χ3n) is 1.71. The van der Waals surface area contributed by atoms with Crippen LogP contribution in [0.1, 0.15) is 5.69 Å². The number of nitrogens with one attached hydrogen (secondary N) is 1. The highest BCUT2D eigenvalue weighted by molar-refractivity contribution is 4.96. The summed E-state index contributed by atoms with van der Waals surface area (Å²) in [5, 5.41) is 2.26. The molecule has 0 aromatic carbocycles. The third-order valence-corrected chi connectivity index (χ3v) is 1.71. The second-order valence-corrected chi connectivity index (χ2v) is 3.11. The maximum Gasteiger partial charge on any atom is 0.401 e. The molecule has 0 saturated heterocycles. The number of hydrogen-bond donors (Lipinski definition) is 2. The first-order valence-corrected chi connectivity index (χ1v) is 4.49. The smallest absolute Gasteiger partial charge is 0.336 e. The van der Waals surface area contributed by atoms with Gasteiger partial charge in [-0.15, -0.1) is 0 Å². The van der Waals surface area contributed by atoms with Crippen molar-refractivity contribution in [2.24, 2.45) is 5.73 Å². The molecule has 0 amide bonds. The Labute approximate surface area is 85.3 Å². The molecule has 0 bridgehead atoms. The SMILES string of the molecule is NCCn1cnc(CNCC(F)(F)F)c1. The molecule has 0 atom stereocenters. The number of rotatable bonds is 5. The van der Waals surface area contributed by atoms with Gasteiger partial charge in [-0.05, 0) is 0 Å². The molecule has 0 spiro atoms. The topological polar surface area (TPSA) is 55.9 Å². The van der Waals surface area contributed by atoms with Crippen molar-refractivity contribution in [1.29, 1.82) is 0 Å². The molecule has 0 unspecified atom stereocenters. The maximum absolute atomic E-state index is 11.8. The first-order chi connectivity index (χ1) is 7.01. The monoisotopic (exact) mass is 222 g/mol. The van der Waals surface area contributed by atoms with E-state index < -0.39 is 12.7 Å². The van der Waals surface area contributed by atoms with Gasteiger partial charge in [0.1, 0.15) is 0 Å². The second-order valence-electron chi connectivity index (χ2n) is 3.11. The molecule has 1 heterocycles. The summed E-state index contributed by atoms with van der Waals surface area (Å²) in [5.41, 5.74) is 5.89. The minimum Gasteiger partial charge on any atom is -0.336 e. The number of nitrogens with zero attached hydrogens (tertiary/aromatic N) is 2. The number of aromatic nitrogens is 2. The molecule has 0 fully saturated rings. The average molecular weight is 222 g/mol. The van der Waals surface area contributed by atoms with E-state index in [2.05, 4.69) is 10.3 Å². The second kappa shape index (κ2) is 5.13. The summed E-state index contributed by atoms with van der Waals surface area (Å²) in [4.78, 5) is 3.93. The Morgan fingerprint density at radius 2 is 2.20 bits per heavy atom. The van der Waals surface area contributed by atoms with Crippen molar-refractivity contribution in [3.63, 3.8) is 0 Å². The predicted octanol–water partition coefficient (Wildman–Crippen LogP) is 0.494. The van der Waals surface area contributed by atoms with Gasteiger partial charge in [0, 0.05) is 25.8 Å². The molecule has 1 aromatic heterocycles. The maximum atomic E-state index is 11.8. The minimum atomic E-state index is -4.18. The molecular formula is C8H13F3N4. The van der Waals surface area contributed by atoms with E-state index in [4.69, 9.17) is 5.73 Å². The van der Waals surface area contributed by atoms with Crippen LogP contribution in [0.3, 0.4) is 0 Å². The van der Waals surface area contributed by atoms with Crippen molar-refractivity contribution >= 4 is 0 Å². The standard InChI is InChI=1S/C8H13F3N4/c9-8(10,11)5-13-3-7-4-15(2-1-12)6-14-7/h4,6,13H,1-3,5,12H2. The molecule has 1 aromatic rings. The molecule has 15 heavy (non-hydrogen) atoms. The van der Waals surface area contributed by atoms with Gasteiger partial charge in [-0.3, -0.25) is 0 Å². The Bertz CT molecular complexity index is 294. The van der Waals surface area contributed by atoms with Gasteiger partial charge < -0.3 is 15.6 Å². The summed E-state index contributed by atoms with van der Waals surface area (Å²) < 4.78 is 37.1. The molecule has 3 N–H and O–H groups in total. The number of nitrogens with two attached hydrogens (primary N) is 1. The Morgan fingerprint density at radius 1 is 1.47 bits per heavy atom. The van der Waals surface area contributed by atoms with Crippen LogP contribution in [0, 0.1) is 0 Å². The van der Waals surface area contributed by atoms with Crippen molar-refractivity contribution < 1.29 is 13.2 Å². The molecule has 7 heteroatoms. The van der Waals surface area contributed by atoms with Crippen LogP contribution in [0.25, 0.3) is 0 Å². The van der Waals surface area contributed by atoms with Crippen molar-refractivity contribution in [3.8, 4) is 0 Å². The fraction of sp³-hybridized carbons (Fsp3) is 0.625. The molecule has 0 saturated carbocycles. The van der Waals surface area contributed by atoms with Gasteiger partial charge in [0.05, 0.1) is 18.6 Å². The lowest BCUT2D eigenvalue weighted by molar-refractivity contribution is -0.125. The summed E-state index contributed by atoms with van der Waals surface area (Å²) in [6.45, 7) is 0.200. The van der Waals surface area contributed by atoms with Crippen molar-refractivity contribution in [3.05, 3.63) is 18.2 Å². The van der Waals surface area contributed by atoms with E-state index >= 15 is 0 Å². The highest BCUT2D eigenvalue weighted by Gasteiger charge is 2.26. The number of hydrogen-bond acceptors (Lipinski definition) is 3. The van der Waals surface area contributed by atoms with Crippen LogP contribution in [0.15, 0.2) is 12.5 Å². The summed E-state index contributed by atoms with van der Waals surface area (Å²) in [7, 11) is 0. The molecule has 4 nitrogen and oxygen atoms in total. The normalized spacial score (nSPS) is 12.0. The van der Waals surface area contributed by atoms with Gasteiger partial charge in [-0.25, -0.2) is 4.98 Å². The fourth-order valence-electron chi connectivity index (χ4n) is 1.10. The summed E-state index contributed by atoms with van der Waals surface area (Å²) in [6, 6.07) is 0. The van der Waals surface area contributed by atoms with Crippen LogP contribution in [-0.2, 0) is 13.1 Å². The summed E-state index contributed by atoms with van der Waals surface area (Å²) in [6.07, 6.45) is -0.951. The van der Waals surface area contributed by atoms with Crippen molar-refractivity contribution in [1.82, 2.24) is 14.9 Å². The number of imidazole rings is 1. The zero-order valence-electron chi connectivity index (χ0n) is 8.09. The summed E-state index contributed by atoms with van der Waals surface area (Å²) in [5.74, 6) is 0. The molecular weight excluding hydrogens is 209 g/mol. The molecule has 0 aliphatic rings. The van der Waals surface area contributed by atoms with Crippen LogP contribution < -0.4 is 11.1 Å². The van der Waals surface area contributed by atoms with E-state index in [-0.39, 0.29) is 6.54 Å². The third kappa shape index (κ3) is 4.80. The van der Waals surface area contributed by atoms with E-state index in [1.807, 2.05) is 0 Å². The van der Waals surface area contributed by atoms with Crippen LogP contribution in [0.5, 0.6) is 0 Å². The Kier molecular flexibility index (Phi) is 4.10. The number of alkyl halides is 3. The lowest BCUT2D eigenvalue weighted by Gasteiger charge is -2.06. The Morgan fingerprint density at radius 3 is 2.80 bits per heavy atom. The van der Waals surface area contributed by atoms with E-state index in [9.17, 15) is 13.2 Å². The zero-order chi connectivity index (χ0) is 11.3. The zero-order valence-corrected chi connectivity index (χ0v) is 8.09. The Balaban J connectivity index is 2.31. The van der Waals surface area contributed by atoms with Gasteiger partial charge in [-0.2, -0.15) is 13.2 Å². The Hall–Kier alpha value is -1.08. The average Bonchev–Trinajstić information content (AvgIpc) is 2.51. The van der Waals surface area contributed by atoms with E-state index in [0.717, 1.165) is 0 Å². The highest BCUT2D eigenvalue weighted by Crippen LogP contribution is 2.12. The van der Waals surface area contributed by atoms with Gasteiger partial charge in [0.25, 0.3) is 0 Å². The fourth-order valence-corrected chi connectivity index (χ4v) is 1.10. The first-order valence-electron chi connectivity index (χ1n) is 4.49. The van der Waals surface area contributed by atoms with Gasteiger partial charge >= 0.3 is 6.18 Å².